The topological polar surface area (TPSA) is 37.3 Å². The third kappa shape index (κ3) is 3.66. The molecule has 0 aliphatic heterocycles. The summed E-state index contributed by atoms with van der Waals surface area (Å²) in [4.78, 5) is 11.6. The van der Waals surface area contributed by atoms with Crippen LogP contribution in [0, 0.1) is 11.3 Å². The molecule has 2 atom stereocenters. The number of rotatable bonds is 2. The molecule has 2 nitrogen and oxygen atoms in total. The predicted octanol–water partition coefficient (Wildman–Crippen LogP) is 4.98. The van der Waals surface area contributed by atoms with Crippen LogP contribution in [0.5, 0.6) is 0 Å². The summed E-state index contributed by atoms with van der Waals surface area (Å²) in [7, 11) is 0. The highest BCUT2D eigenvalue weighted by atomic mass is 16.4. The van der Waals surface area contributed by atoms with Crippen molar-refractivity contribution in [2.45, 2.75) is 65.2 Å². The minimum Gasteiger partial charge on any atom is -0.481 e. The molecule has 1 saturated carbocycles. The maximum absolute atomic E-state index is 11.6. The first-order valence-electron chi connectivity index (χ1n) is 7.93. The normalized spacial score (nSPS) is 25.6. The van der Waals surface area contributed by atoms with E-state index in [4.69, 9.17) is 0 Å². The van der Waals surface area contributed by atoms with Gasteiger partial charge in [-0.05, 0) is 47.1 Å². The summed E-state index contributed by atoms with van der Waals surface area (Å²) in [6.45, 7) is 11.1. The minimum atomic E-state index is -0.643. The van der Waals surface area contributed by atoms with Gasteiger partial charge in [-0.1, -0.05) is 58.9 Å². The van der Waals surface area contributed by atoms with Crippen molar-refractivity contribution in [1.29, 1.82) is 0 Å². The number of carboxylic acids is 1. The van der Waals surface area contributed by atoms with Crippen molar-refractivity contribution in [3.05, 3.63) is 35.4 Å². The number of hydrogen-bond donors (Lipinski definition) is 1. The fourth-order valence-corrected chi connectivity index (χ4v) is 3.46. The Balaban J connectivity index is 2.30. The third-order valence-corrected chi connectivity index (χ3v) is 4.91. The molecule has 0 heterocycles. The molecular formula is C19H28O2. The summed E-state index contributed by atoms with van der Waals surface area (Å²) in [6.07, 6.45) is 2.74. The molecule has 0 amide bonds. The first-order chi connectivity index (χ1) is 9.60. The third-order valence-electron chi connectivity index (χ3n) is 4.91. The van der Waals surface area contributed by atoms with Gasteiger partial charge >= 0.3 is 5.97 Å². The molecule has 1 aromatic rings. The van der Waals surface area contributed by atoms with E-state index in [-0.39, 0.29) is 22.7 Å². The van der Waals surface area contributed by atoms with Crippen molar-refractivity contribution in [2.24, 2.45) is 11.3 Å². The van der Waals surface area contributed by atoms with Crippen LogP contribution in [0.1, 0.15) is 70.9 Å². The molecule has 2 rings (SSSR count). The van der Waals surface area contributed by atoms with Gasteiger partial charge < -0.3 is 5.11 Å². The quantitative estimate of drug-likeness (QED) is 0.833. The molecule has 0 aromatic heterocycles. The Morgan fingerprint density at radius 1 is 1.19 bits per heavy atom. The lowest BCUT2D eigenvalue weighted by Crippen LogP contribution is -2.33. The van der Waals surface area contributed by atoms with Crippen molar-refractivity contribution in [2.75, 3.05) is 0 Å². The molecule has 1 fully saturated rings. The molecular weight excluding hydrogens is 260 g/mol. The molecule has 1 aliphatic rings. The van der Waals surface area contributed by atoms with E-state index in [1.54, 1.807) is 0 Å². The zero-order valence-electron chi connectivity index (χ0n) is 13.9. The summed E-state index contributed by atoms with van der Waals surface area (Å²) in [6, 6.07) is 8.61. The highest BCUT2D eigenvalue weighted by Crippen LogP contribution is 2.47. The molecule has 116 valence electrons. The molecule has 0 bridgehead atoms. The van der Waals surface area contributed by atoms with Crippen LogP contribution in [0.3, 0.4) is 0 Å². The van der Waals surface area contributed by atoms with E-state index in [1.165, 1.54) is 11.1 Å². The van der Waals surface area contributed by atoms with Gasteiger partial charge in [-0.25, -0.2) is 0 Å². The largest absolute Gasteiger partial charge is 0.481 e. The number of carbonyl (C=O) groups is 1. The average Bonchev–Trinajstić information content (AvgIpc) is 2.36. The van der Waals surface area contributed by atoms with Gasteiger partial charge in [-0.15, -0.1) is 0 Å². The average molecular weight is 288 g/mol. The van der Waals surface area contributed by atoms with Gasteiger partial charge in [0.15, 0.2) is 0 Å². The van der Waals surface area contributed by atoms with Crippen molar-refractivity contribution < 1.29 is 9.90 Å². The van der Waals surface area contributed by atoms with Gasteiger partial charge in [-0.3, -0.25) is 4.79 Å². The Morgan fingerprint density at radius 3 is 2.24 bits per heavy atom. The van der Waals surface area contributed by atoms with Crippen LogP contribution in [0.15, 0.2) is 24.3 Å². The highest BCUT2D eigenvalue weighted by Gasteiger charge is 2.39. The van der Waals surface area contributed by atoms with Gasteiger partial charge in [0.25, 0.3) is 0 Å². The van der Waals surface area contributed by atoms with E-state index in [1.807, 2.05) is 0 Å². The SMILES string of the molecule is CC1(C)CCC(C(=O)O)C(c2ccc(C(C)(C)C)cc2)C1. The summed E-state index contributed by atoms with van der Waals surface area (Å²) in [5.74, 6) is -0.742. The predicted molar refractivity (Wildman–Crippen MR) is 86.6 cm³/mol. The summed E-state index contributed by atoms with van der Waals surface area (Å²) >= 11 is 0. The fourth-order valence-electron chi connectivity index (χ4n) is 3.46. The lowest BCUT2D eigenvalue weighted by atomic mass is 9.65. The highest BCUT2D eigenvalue weighted by molar-refractivity contribution is 5.71. The number of carboxylic acid groups (broad SMARTS) is 1. The second-order valence-corrected chi connectivity index (χ2v) is 8.33. The molecule has 2 heteroatoms. The fraction of sp³-hybridized carbons (Fsp3) is 0.632. The van der Waals surface area contributed by atoms with Crippen LogP contribution in [-0.4, -0.2) is 11.1 Å². The standard InChI is InChI=1S/C19H28O2/c1-18(2,3)14-8-6-13(7-9-14)16-12-19(4,5)11-10-15(16)17(20)21/h6-9,15-16H,10-12H2,1-5H3,(H,20,21). The Hall–Kier alpha value is -1.31. The lowest BCUT2D eigenvalue weighted by Gasteiger charge is -2.39. The second kappa shape index (κ2) is 5.47. The smallest absolute Gasteiger partial charge is 0.307 e. The molecule has 0 saturated heterocycles. The lowest BCUT2D eigenvalue weighted by molar-refractivity contribution is -0.144. The number of aliphatic carboxylic acids is 1. The zero-order chi connectivity index (χ0) is 15.8. The Labute approximate surface area is 128 Å². The summed E-state index contributed by atoms with van der Waals surface area (Å²) in [5, 5.41) is 9.52. The van der Waals surface area contributed by atoms with Crippen molar-refractivity contribution in [1.82, 2.24) is 0 Å². The first-order valence-corrected chi connectivity index (χ1v) is 7.93. The van der Waals surface area contributed by atoms with Gasteiger partial charge in [-0.2, -0.15) is 0 Å². The van der Waals surface area contributed by atoms with E-state index in [0.717, 1.165) is 19.3 Å². The second-order valence-electron chi connectivity index (χ2n) is 8.33. The van der Waals surface area contributed by atoms with Gasteiger partial charge in [0.2, 0.25) is 0 Å². The van der Waals surface area contributed by atoms with Crippen LogP contribution in [0.4, 0.5) is 0 Å². The molecule has 2 unspecified atom stereocenters. The van der Waals surface area contributed by atoms with E-state index in [9.17, 15) is 9.90 Å². The van der Waals surface area contributed by atoms with Crippen LogP contribution in [0.2, 0.25) is 0 Å². The summed E-state index contributed by atoms with van der Waals surface area (Å²) < 4.78 is 0. The van der Waals surface area contributed by atoms with E-state index in [2.05, 4.69) is 58.9 Å². The maximum Gasteiger partial charge on any atom is 0.307 e. The van der Waals surface area contributed by atoms with E-state index < -0.39 is 5.97 Å². The van der Waals surface area contributed by atoms with Gasteiger partial charge in [0.05, 0.1) is 5.92 Å². The van der Waals surface area contributed by atoms with Crippen molar-refractivity contribution in [3.63, 3.8) is 0 Å². The Morgan fingerprint density at radius 2 is 1.76 bits per heavy atom. The monoisotopic (exact) mass is 288 g/mol. The van der Waals surface area contributed by atoms with Crippen molar-refractivity contribution in [3.8, 4) is 0 Å². The minimum absolute atomic E-state index is 0.135. The Kier molecular flexibility index (Phi) is 4.19. The first kappa shape index (κ1) is 16.1. The number of hydrogen-bond acceptors (Lipinski definition) is 1. The van der Waals surface area contributed by atoms with E-state index in [0.29, 0.717) is 0 Å². The molecule has 1 N–H and O–H groups in total. The number of benzene rings is 1. The molecule has 21 heavy (non-hydrogen) atoms. The van der Waals surface area contributed by atoms with Gasteiger partial charge in [0.1, 0.15) is 0 Å². The van der Waals surface area contributed by atoms with Crippen LogP contribution < -0.4 is 0 Å². The van der Waals surface area contributed by atoms with Crippen LogP contribution in [0.25, 0.3) is 0 Å². The van der Waals surface area contributed by atoms with Gasteiger partial charge in [0, 0.05) is 0 Å². The van der Waals surface area contributed by atoms with E-state index >= 15 is 0 Å². The molecule has 0 radical (unpaired) electrons. The maximum atomic E-state index is 11.6. The summed E-state index contributed by atoms with van der Waals surface area (Å²) in [5.41, 5.74) is 2.85. The van der Waals surface area contributed by atoms with Crippen LogP contribution >= 0.6 is 0 Å². The Bertz CT molecular complexity index is 505. The van der Waals surface area contributed by atoms with Crippen molar-refractivity contribution >= 4 is 5.97 Å². The molecule has 1 aliphatic carbocycles. The van der Waals surface area contributed by atoms with Crippen LogP contribution in [-0.2, 0) is 10.2 Å². The molecule has 0 spiro atoms. The molecule has 1 aromatic carbocycles. The zero-order valence-corrected chi connectivity index (χ0v) is 13.9.